The third-order valence-electron chi connectivity index (χ3n) is 3.01. The van der Waals surface area contributed by atoms with Crippen molar-refractivity contribution in [2.24, 2.45) is 0 Å². The Morgan fingerprint density at radius 3 is 2.73 bits per heavy atom. The van der Waals surface area contributed by atoms with E-state index in [-0.39, 0.29) is 6.42 Å². The SMILES string of the molecule is FC1(F)CCCCC1c1cccc(Br)c1. The van der Waals surface area contributed by atoms with E-state index in [1.165, 1.54) is 0 Å². The zero-order chi connectivity index (χ0) is 10.9. The van der Waals surface area contributed by atoms with Crippen molar-refractivity contribution in [2.75, 3.05) is 0 Å². The lowest BCUT2D eigenvalue weighted by atomic mass is 9.81. The fourth-order valence-corrected chi connectivity index (χ4v) is 2.65. The molecule has 1 aliphatic carbocycles. The summed E-state index contributed by atoms with van der Waals surface area (Å²) >= 11 is 3.32. The lowest BCUT2D eigenvalue weighted by Gasteiger charge is -2.31. The van der Waals surface area contributed by atoms with Gasteiger partial charge in [0.2, 0.25) is 0 Å². The lowest BCUT2D eigenvalue weighted by Crippen LogP contribution is -2.29. The molecule has 0 saturated heterocycles. The van der Waals surface area contributed by atoms with E-state index in [9.17, 15) is 8.78 Å². The van der Waals surface area contributed by atoms with Crippen LogP contribution in [0.3, 0.4) is 0 Å². The van der Waals surface area contributed by atoms with Crippen LogP contribution in [0, 0.1) is 0 Å². The van der Waals surface area contributed by atoms with E-state index in [1.54, 1.807) is 6.07 Å². The molecule has 1 aromatic carbocycles. The summed E-state index contributed by atoms with van der Waals surface area (Å²) in [5, 5.41) is 0. The molecule has 15 heavy (non-hydrogen) atoms. The first-order chi connectivity index (χ1) is 7.09. The smallest absolute Gasteiger partial charge is 0.206 e. The van der Waals surface area contributed by atoms with Crippen LogP contribution in [0.5, 0.6) is 0 Å². The Morgan fingerprint density at radius 1 is 1.27 bits per heavy atom. The van der Waals surface area contributed by atoms with Crippen LogP contribution in [0.2, 0.25) is 0 Å². The number of benzene rings is 1. The number of rotatable bonds is 1. The van der Waals surface area contributed by atoms with E-state index >= 15 is 0 Å². The van der Waals surface area contributed by atoms with Crippen LogP contribution in [0.15, 0.2) is 28.7 Å². The standard InChI is InChI=1S/C12H13BrF2/c13-10-5-3-4-9(8-10)11-6-1-2-7-12(11,14)15/h3-5,8,11H,1-2,6-7H2. The molecule has 1 aliphatic rings. The van der Waals surface area contributed by atoms with Gasteiger partial charge in [0.05, 0.1) is 0 Å². The average Bonchev–Trinajstić information content (AvgIpc) is 2.17. The van der Waals surface area contributed by atoms with Gasteiger partial charge in [0.25, 0.3) is 5.92 Å². The summed E-state index contributed by atoms with van der Waals surface area (Å²) in [6.45, 7) is 0. The predicted molar refractivity (Wildman–Crippen MR) is 60.3 cm³/mol. The highest BCUT2D eigenvalue weighted by Gasteiger charge is 2.42. The molecule has 0 aromatic heterocycles. The normalized spacial score (nSPS) is 25.1. The van der Waals surface area contributed by atoms with E-state index < -0.39 is 11.8 Å². The topological polar surface area (TPSA) is 0 Å². The predicted octanol–water partition coefficient (Wildman–Crippen LogP) is 4.74. The van der Waals surface area contributed by atoms with E-state index in [0.29, 0.717) is 12.8 Å². The summed E-state index contributed by atoms with van der Waals surface area (Å²) in [5.74, 6) is -3.12. The first-order valence-electron chi connectivity index (χ1n) is 5.23. The van der Waals surface area contributed by atoms with Crippen LogP contribution in [0.25, 0.3) is 0 Å². The van der Waals surface area contributed by atoms with E-state index in [0.717, 1.165) is 16.5 Å². The average molecular weight is 275 g/mol. The van der Waals surface area contributed by atoms with Gasteiger partial charge in [0.1, 0.15) is 0 Å². The van der Waals surface area contributed by atoms with Gasteiger partial charge in [0.15, 0.2) is 0 Å². The van der Waals surface area contributed by atoms with Gasteiger partial charge in [-0.3, -0.25) is 0 Å². The van der Waals surface area contributed by atoms with Crippen molar-refractivity contribution in [3.05, 3.63) is 34.3 Å². The Hall–Kier alpha value is -0.440. The first kappa shape index (κ1) is 11.1. The van der Waals surface area contributed by atoms with Gasteiger partial charge in [-0.1, -0.05) is 34.5 Å². The molecule has 0 amide bonds. The van der Waals surface area contributed by atoms with Gasteiger partial charge in [0, 0.05) is 16.8 Å². The molecule has 2 rings (SSSR count). The van der Waals surface area contributed by atoms with Crippen molar-refractivity contribution >= 4 is 15.9 Å². The van der Waals surface area contributed by atoms with Crippen molar-refractivity contribution in [1.82, 2.24) is 0 Å². The number of hydrogen-bond donors (Lipinski definition) is 0. The molecule has 82 valence electrons. The largest absolute Gasteiger partial charge is 0.254 e. The molecule has 1 fully saturated rings. The molecule has 0 spiro atoms. The van der Waals surface area contributed by atoms with Crippen molar-refractivity contribution in [2.45, 2.75) is 37.5 Å². The van der Waals surface area contributed by atoms with Gasteiger partial charge < -0.3 is 0 Å². The molecule has 0 radical (unpaired) electrons. The van der Waals surface area contributed by atoms with Crippen LogP contribution < -0.4 is 0 Å². The van der Waals surface area contributed by atoms with Crippen LogP contribution in [0.1, 0.15) is 37.2 Å². The zero-order valence-corrected chi connectivity index (χ0v) is 9.94. The Bertz CT molecular complexity index is 349. The highest BCUT2D eigenvalue weighted by molar-refractivity contribution is 9.10. The molecule has 1 aromatic rings. The van der Waals surface area contributed by atoms with E-state index in [2.05, 4.69) is 15.9 Å². The molecule has 0 nitrogen and oxygen atoms in total. The molecule has 0 bridgehead atoms. The van der Waals surface area contributed by atoms with Crippen molar-refractivity contribution < 1.29 is 8.78 Å². The maximum atomic E-state index is 13.7. The van der Waals surface area contributed by atoms with Gasteiger partial charge in [-0.2, -0.15) is 0 Å². The molecule has 1 unspecified atom stereocenters. The molecule has 0 heterocycles. The van der Waals surface area contributed by atoms with Gasteiger partial charge >= 0.3 is 0 Å². The molecule has 0 N–H and O–H groups in total. The van der Waals surface area contributed by atoms with Crippen molar-refractivity contribution in [3.8, 4) is 0 Å². The second-order valence-electron chi connectivity index (χ2n) is 4.11. The van der Waals surface area contributed by atoms with Gasteiger partial charge in [-0.05, 0) is 30.5 Å². The highest BCUT2D eigenvalue weighted by Crippen LogP contribution is 2.44. The second kappa shape index (κ2) is 4.20. The lowest BCUT2D eigenvalue weighted by molar-refractivity contribution is -0.0547. The monoisotopic (exact) mass is 274 g/mol. The minimum absolute atomic E-state index is 0.0319. The molecular formula is C12H13BrF2. The maximum Gasteiger partial charge on any atom is 0.254 e. The summed E-state index contributed by atoms with van der Waals surface area (Å²) in [6.07, 6.45) is 2.19. The van der Waals surface area contributed by atoms with Crippen molar-refractivity contribution in [1.29, 1.82) is 0 Å². The number of alkyl halides is 2. The van der Waals surface area contributed by atoms with E-state index in [4.69, 9.17) is 0 Å². The molecule has 0 aliphatic heterocycles. The van der Waals surface area contributed by atoms with Gasteiger partial charge in [-0.25, -0.2) is 8.78 Å². The number of halogens is 3. The fourth-order valence-electron chi connectivity index (χ4n) is 2.23. The molecule has 1 saturated carbocycles. The Kier molecular flexibility index (Phi) is 3.10. The van der Waals surface area contributed by atoms with Crippen LogP contribution in [0.4, 0.5) is 8.78 Å². The zero-order valence-electron chi connectivity index (χ0n) is 8.35. The quantitative estimate of drug-likeness (QED) is 0.694. The Labute approximate surface area is 96.8 Å². The molecule has 3 heteroatoms. The Morgan fingerprint density at radius 2 is 2.07 bits per heavy atom. The first-order valence-corrected chi connectivity index (χ1v) is 6.02. The van der Waals surface area contributed by atoms with Gasteiger partial charge in [-0.15, -0.1) is 0 Å². The summed E-state index contributed by atoms with van der Waals surface area (Å²) < 4.78 is 28.2. The van der Waals surface area contributed by atoms with Crippen LogP contribution in [-0.4, -0.2) is 5.92 Å². The summed E-state index contributed by atoms with van der Waals surface area (Å²) in [5.41, 5.74) is 0.758. The summed E-state index contributed by atoms with van der Waals surface area (Å²) in [4.78, 5) is 0. The minimum atomic E-state index is -2.53. The summed E-state index contributed by atoms with van der Waals surface area (Å²) in [7, 11) is 0. The maximum absolute atomic E-state index is 13.7. The van der Waals surface area contributed by atoms with E-state index in [1.807, 2.05) is 18.2 Å². The third-order valence-corrected chi connectivity index (χ3v) is 3.51. The molecular weight excluding hydrogens is 262 g/mol. The summed E-state index contributed by atoms with van der Waals surface area (Å²) in [6, 6.07) is 7.30. The van der Waals surface area contributed by atoms with Crippen molar-refractivity contribution in [3.63, 3.8) is 0 Å². The molecule has 1 atom stereocenters. The fraction of sp³-hybridized carbons (Fsp3) is 0.500. The second-order valence-corrected chi connectivity index (χ2v) is 5.03. The minimum Gasteiger partial charge on any atom is -0.206 e. The van der Waals surface area contributed by atoms with Crippen LogP contribution in [-0.2, 0) is 0 Å². The van der Waals surface area contributed by atoms with Crippen LogP contribution >= 0.6 is 15.9 Å². The third kappa shape index (κ3) is 2.39. The number of hydrogen-bond acceptors (Lipinski definition) is 0. The highest BCUT2D eigenvalue weighted by atomic mass is 79.9. The Balaban J connectivity index is 2.29.